The number of hydrogen-bond acceptors (Lipinski definition) is 8. The van der Waals surface area contributed by atoms with Crippen molar-refractivity contribution in [2.45, 2.75) is 13.8 Å². The molecule has 0 fully saturated rings. The quantitative estimate of drug-likeness (QED) is 0.280. The van der Waals surface area contributed by atoms with Crippen LogP contribution in [0.3, 0.4) is 0 Å². The Labute approximate surface area is 209 Å². The van der Waals surface area contributed by atoms with E-state index in [1.165, 1.54) is 35.0 Å². The van der Waals surface area contributed by atoms with Crippen LogP contribution in [-0.2, 0) is 4.79 Å². The zero-order valence-corrected chi connectivity index (χ0v) is 20.0. The first kappa shape index (κ1) is 23.2. The predicted octanol–water partition coefficient (Wildman–Crippen LogP) is 5.17. The van der Waals surface area contributed by atoms with E-state index in [4.69, 9.17) is 14.6 Å². The molecule has 0 spiro atoms. The Morgan fingerprint density at radius 3 is 2.81 bits per heavy atom. The largest absolute Gasteiger partial charge is 0.487 e. The van der Waals surface area contributed by atoms with E-state index in [0.29, 0.717) is 27.9 Å². The highest BCUT2D eigenvalue weighted by molar-refractivity contribution is 8.27. The fourth-order valence-electron chi connectivity index (χ4n) is 3.65. The minimum Gasteiger partial charge on any atom is -0.487 e. The third-order valence-electron chi connectivity index (χ3n) is 5.46. The van der Waals surface area contributed by atoms with Gasteiger partial charge in [-0.15, -0.1) is 0 Å². The Balaban J connectivity index is 1.36. The zero-order chi connectivity index (χ0) is 25.4. The second-order valence-corrected chi connectivity index (χ2v) is 9.12. The van der Waals surface area contributed by atoms with Gasteiger partial charge in [0.15, 0.2) is 5.84 Å². The van der Waals surface area contributed by atoms with Crippen molar-refractivity contribution in [3.8, 4) is 17.1 Å². The lowest BCUT2D eigenvalue weighted by atomic mass is 10.1. The van der Waals surface area contributed by atoms with Gasteiger partial charge >= 0.3 is 0 Å². The van der Waals surface area contributed by atoms with Crippen LogP contribution in [0, 0.1) is 29.4 Å². The summed E-state index contributed by atoms with van der Waals surface area (Å²) < 4.78 is 11.6. The van der Waals surface area contributed by atoms with Gasteiger partial charge in [-0.1, -0.05) is 18.2 Å². The van der Waals surface area contributed by atoms with Crippen LogP contribution in [0.4, 0.5) is 5.69 Å². The van der Waals surface area contributed by atoms with Crippen LogP contribution in [0.15, 0.2) is 74.7 Å². The van der Waals surface area contributed by atoms with Crippen molar-refractivity contribution in [3.05, 3.63) is 87.2 Å². The van der Waals surface area contributed by atoms with Gasteiger partial charge in [-0.2, -0.15) is 15.1 Å². The number of furan rings is 1. The van der Waals surface area contributed by atoms with Crippen molar-refractivity contribution in [2.24, 2.45) is 10.1 Å². The number of thioether (sulfide) groups is 1. The number of aliphatic imine (C=N–C) groups is 1. The lowest BCUT2D eigenvalue weighted by molar-refractivity contribution is -0.384. The summed E-state index contributed by atoms with van der Waals surface area (Å²) in [5.41, 5.74) is 2.40. The molecule has 11 heteroatoms. The summed E-state index contributed by atoms with van der Waals surface area (Å²) >= 11 is 1.17. The van der Waals surface area contributed by atoms with Crippen molar-refractivity contribution in [1.82, 2.24) is 5.01 Å². The second kappa shape index (κ2) is 9.27. The minimum absolute atomic E-state index is 0.0145. The molecular weight excluding hydrogens is 482 g/mol. The van der Waals surface area contributed by atoms with Gasteiger partial charge in [-0.25, -0.2) is 0 Å². The number of benzene rings is 2. The molecule has 0 bridgehead atoms. The van der Waals surface area contributed by atoms with Crippen LogP contribution >= 0.6 is 11.8 Å². The number of amidine groups is 2. The summed E-state index contributed by atoms with van der Waals surface area (Å²) in [6.45, 7) is 3.96. The molecule has 0 atom stereocenters. The molecular formula is C25H19N5O5S. The van der Waals surface area contributed by atoms with E-state index in [-0.39, 0.29) is 28.9 Å². The molecule has 3 aromatic rings. The predicted molar refractivity (Wildman–Crippen MR) is 137 cm³/mol. The van der Waals surface area contributed by atoms with Crippen molar-refractivity contribution in [3.63, 3.8) is 0 Å². The van der Waals surface area contributed by atoms with Crippen LogP contribution < -0.4 is 4.74 Å². The molecule has 0 unspecified atom stereocenters. The number of amides is 1. The average Bonchev–Trinajstić information content (AvgIpc) is 3.48. The van der Waals surface area contributed by atoms with Gasteiger partial charge in [0.25, 0.3) is 11.6 Å². The Morgan fingerprint density at radius 1 is 1.19 bits per heavy atom. The highest BCUT2D eigenvalue weighted by Gasteiger charge is 2.36. The maximum atomic E-state index is 12.7. The first-order chi connectivity index (χ1) is 17.3. The van der Waals surface area contributed by atoms with Crippen LogP contribution in [-0.4, -0.2) is 38.5 Å². The van der Waals surface area contributed by atoms with E-state index < -0.39 is 10.8 Å². The Bertz CT molecular complexity index is 1520. The normalized spacial score (nSPS) is 16.2. The summed E-state index contributed by atoms with van der Waals surface area (Å²) in [4.78, 5) is 27.4. The number of ether oxygens (including phenoxy) is 1. The molecule has 36 heavy (non-hydrogen) atoms. The summed E-state index contributed by atoms with van der Waals surface area (Å²) in [6.07, 6.45) is 1.42. The molecule has 0 aliphatic carbocycles. The molecule has 2 aliphatic heterocycles. The second-order valence-electron chi connectivity index (χ2n) is 8.08. The zero-order valence-electron chi connectivity index (χ0n) is 19.2. The number of aryl methyl sites for hydroxylation is 2. The number of fused-ring (bicyclic) bond motifs is 1. The summed E-state index contributed by atoms with van der Waals surface area (Å²) in [5, 5.41) is 26.2. The van der Waals surface area contributed by atoms with Crippen LogP contribution in [0.2, 0.25) is 0 Å². The Morgan fingerprint density at radius 2 is 2.03 bits per heavy atom. The van der Waals surface area contributed by atoms with Gasteiger partial charge in [-0.05, 0) is 67.1 Å². The van der Waals surface area contributed by atoms with Gasteiger partial charge in [0.2, 0.25) is 5.17 Å². The highest BCUT2D eigenvalue weighted by atomic mass is 32.2. The molecule has 0 saturated carbocycles. The number of nitro benzene ring substituents is 1. The fraction of sp³-hybridized carbons (Fsp3) is 0.120. The van der Waals surface area contributed by atoms with E-state index in [1.54, 1.807) is 18.2 Å². The first-order valence-electron chi connectivity index (χ1n) is 10.8. The van der Waals surface area contributed by atoms with Gasteiger partial charge < -0.3 is 9.15 Å². The number of nitro groups is 1. The number of non-ortho nitro benzene ring substituents is 1. The minimum atomic E-state index is -0.584. The van der Waals surface area contributed by atoms with E-state index in [0.717, 1.165) is 11.1 Å². The van der Waals surface area contributed by atoms with Crippen LogP contribution in [0.5, 0.6) is 5.75 Å². The van der Waals surface area contributed by atoms with Gasteiger partial charge in [0.1, 0.15) is 28.9 Å². The molecule has 0 radical (unpaired) electrons. The highest BCUT2D eigenvalue weighted by Crippen LogP contribution is 2.32. The topological polar surface area (TPSA) is 134 Å². The summed E-state index contributed by atoms with van der Waals surface area (Å²) in [7, 11) is 0. The molecule has 5 rings (SSSR count). The Hall–Kier alpha value is -4.51. The number of nitrogens with zero attached hydrogens (tertiary/aromatic N) is 4. The van der Waals surface area contributed by atoms with Crippen molar-refractivity contribution < 1.29 is 18.9 Å². The standard InChI is InChI=1S/C25H19N5O5S/c1-14-4-3-5-17(10-14)34-13-22-28-29-23(26)20(24(31)27-25(29)36-22)12-18-8-9-21(35-18)19-11-16(30(32)33)7-6-15(19)2/h3-12,26H,13H2,1-2H3/b20-12+,26-23?. The van der Waals surface area contributed by atoms with Crippen molar-refractivity contribution in [1.29, 1.82) is 5.41 Å². The van der Waals surface area contributed by atoms with E-state index in [9.17, 15) is 14.9 Å². The van der Waals surface area contributed by atoms with Crippen LogP contribution in [0.25, 0.3) is 17.4 Å². The lowest BCUT2D eigenvalue weighted by Crippen LogP contribution is -2.35. The number of hydrogen-bond donors (Lipinski definition) is 1. The molecule has 3 heterocycles. The first-order valence-corrected chi connectivity index (χ1v) is 11.6. The number of hydrazone groups is 1. The van der Waals surface area contributed by atoms with Crippen molar-refractivity contribution in [2.75, 3.05) is 6.61 Å². The summed E-state index contributed by atoms with van der Waals surface area (Å²) in [5.74, 6) is 0.699. The Kier molecular flexibility index (Phi) is 5.98. The fourth-order valence-corrected chi connectivity index (χ4v) is 4.44. The van der Waals surface area contributed by atoms with E-state index in [2.05, 4.69) is 10.1 Å². The lowest BCUT2D eigenvalue weighted by Gasteiger charge is -2.19. The van der Waals surface area contributed by atoms with Gasteiger partial charge in [0, 0.05) is 17.7 Å². The summed E-state index contributed by atoms with van der Waals surface area (Å²) in [6, 6.07) is 15.4. The number of carbonyl (C=O) groups excluding carboxylic acids is 1. The van der Waals surface area contributed by atoms with Crippen LogP contribution in [0.1, 0.15) is 16.9 Å². The molecule has 10 nitrogen and oxygen atoms in total. The molecule has 2 aromatic carbocycles. The van der Waals surface area contributed by atoms with E-state index >= 15 is 0 Å². The number of rotatable bonds is 6. The molecule has 1 aromatic heterocycles. The molecule has 1 amide bonds. The molecule has 0 saturated heterocycles. The van der Waals surface area contributed by atoms with Gasteiger partial charge in [-0.3, -0.25) is 20.3 Å². The van der Waals surface area contributed by atoms with E-state index in [1.807, 2.05) is 38.1 Å². The maximum Gasteiger partial charge on any atom is 0.283 e. The maximum absolute atomic E-state index is 12.7. The smallest absolute Gasteiger partial charge is 0.283 e. The third-order valence-corrected chi connectivity index (χ3v) is 6.34. The third kappa shape index (κ3) is 4.56. The molecule has 2 aliphatic rings. The van der Waals surface area contributed by atoms with Gasteiger partial charge in [0.05, 0.1) is 10.5 Å². The monoisotopic (exact) mass is 501 g/mol. The average molecular weight is 502 g/mol. The molecule has 1 N–H and O–H groups in total. The van der Waals surface area contributed by atoms with Crippen molar-refractivity contribution >= 4 is 45.5 Å². The SMILES string of the molecule is Cc1cccc(OCC2=NN3C(=N)/C(=C\c4ccc(-c5cc([N+](=O)[O-])ccc5C)o4)C(=O)N=C3S2)c1. The molecule has 180 valence electrons. The number of carbonyl (C=O) groups is 1. The number of nitrogens with one attached hydrogen (secondary N) is 1.